The van der Waals surface area contributed by atoms with E-state index in [0.29, 0.717) is 0 Å². The summed E-state index contributed by atoms with van der Waals surface area (Å²) < 4.78 is 0. The summed E-state index contributed by atoms with van der Waals surface area (Å²) >= 11 is 0. The van der Waals surface area contributed by atoms with Crippen LogP contribution < -0.4 is 5.73 Å². The Hall–Kier alpha value is -6.35. The van der Waals surface area contributed by atoms with Crippen LogP contribution in [0.5, 0.6) is 0 Å². The molecule has 0 aliphatic heterocycles. The van der Waals surface area contributed by atoms with E-state index in [0.717, 1.165) is 33.5 Å². The van der Waals surface area contributed by atoms with Gasteiger partial charge < -0.3 is 5.73 Å². The summed E-state index contributed by atoms with van der Waals surface area (Å²) in [4.78, 5) is 5.34. The molecule has 0 bridgehead atoms. The monoisotopic (exact) mass is 638 g/mol. The van der Waals surface area contributed by atoms with Crippen LogP contribution >= 0.6 is 0 Å². The first-order valence-corrected chi connectivity index (χ1v) is 17.1. The maximum atomic E-state index is 7.12. The van der Waals surface area contributed by atoms with Gasteiger partial charge in [-0.2, -0.15) is 0 Å². The van der Waals surface area contributed by atoms with Gasteiger partial charge in [-0.25, -0.2) is 0 Å². The molecular formula is C48H34N2. The van der Waals surface area contributed by atoms with Crippen LogP contribution in [-0.4, -0.2) is 6.21 Å². The van der Waals surface area contributed by atoms with Gasteiger partial charge in [-0.05, 0) is 88.8 Å². The Morgan fingerprint density at radius 2 is 1.02 bits per heavy atom. The SMILES string of the molecule is NC(/C=C(\N=C\c1c2ccccc2cc2c1ccc1ccccc12)c1ccc2c(ccc3ccccc32)c1)c1ccccc1-c1ccccc1. The van der Waals surface area contributed by atoms with E-state index < -0.39 is 0 Å². The molecule has 2 nitrogen and oxygen atoms in total. The van der Waals surface area contributed by atoms with E-state index >= 15 is 0 Å². The molecule has 236 valence electrons. The number of rotatable bonds is 6. The van der Waals surface area contributed by atoms with Crippen molar-refractivity contribution in [3.63, 3.8) is 0 Å². The minimum absolute atomic E-state index is 0.390. The Labute approximate surface area is 291 Å². The molecule has 9 aromatic rings. The second kappa shape index (κ2) is 12.6. The van der Waals surface area contributed by atoms with Crippen LogP contribution in [0.15, 0.2) is 187 Å². The van der Waals surface area contributed by atoms with E-state index in [1.165, 1.54) is 53.9 Å². The first-order valence-electron chi connectivity index (χ1n) is 17.1. The molecule has 0 amide bonds. The fourth-order valence-electron chi connectivity index (χ4n) is 7.44. The molecule has 0 heterocycles. The third-order valence-corrected chi connectivity index (χ3v) is 9.93. The summed E-state index contributed by atoms with van der Waals surface area (Å²) in [6.07, 6.45) is 4.16. The van der Waals surface area contributed by atoms with Crippen molar-refractivity contribution in [2.45, 2.75) is 6.04 Å². The highest BCUT2D eigenvalue weighted by Crippen LogP contribution is 2.35. The van der Waals surface area contributed by atoms with Crippen molar-refractivity contribution in [1.82, 2.24) is 0 Å². The lowest BCUT2D eigenvalue weighted by atomic mass is 9.93. The van der Waals surface area contributed by atoms with E-state index in [9.17, 15) is 0 Å². The largest absolute Gasteiger partial charge is 0.321 e. The number of hydrogen-bond acceptors (Lipinski definition) is 2. The van der Waals surface area contributed by atoms with Crippen molar-refractivity contribution in [3.8, 4) is 11.1 Å². The van der Waals surface area contributed by atoms with Gasteiger partial charge in [0.2, 0.25) is 0 Å². The van der Waals surface area contributed by atoms with Crippen LogP contribution in [0.25, 0.3) is 70.7 Å². The normalized spacial score (nSPS) is 12.9. The summed E-state index contributed by atoms with van der Waals surface area (Å²) in [6.45, 7) is 0. The van der Waals surface area contributed by atoms with Crippen LogP contribution in [0.1, 0.15) is 22.7 Å². The zero-order chi connectivity index (χ0) is 33.4. The number of hydrogen-bond donors (Lipinski definition) is 1. The second-order valence-corrected chi connectivity index (χ2v) is 12.9. The summed E-state index contributed by atoms with van der Waals surface area (Å²) in [5, 5.41) is 12.1. The highest BCUT2D eigenvalue weighted by molar-refractivity contribution is 6.20. The number of nitrogens with two attached hydrogens (primary N) is 1. The lowest BCUT2D eigenvalue weighted by Gasteiger charge is -2.16. The molecule has 0 spiro atoms. The molecule has 1 unspecified atom stereocenters. The zero-order valence-corrected chi connectivity index (χ0v) is 27.5. The number of fused-ring (bicyclic) bond motifs is 7. The highest BCUT2D eigenvalue weighted by Gasteiger charge is 2.14. The van der Waals surface area contributed by atoms with Crippen LogP contribution in [0.4, 0.5) is 0 Å². The van der Waals surface area contributed by atoms with E-state index in [-0.39, 0.29) is 6.04 Å². The Kier molecular flexibility index (Phi) is 7.50. The summed E-state index contributed by atoms with van der Waals surface area (Å²) in [6, 6.07) is 62.0. The number of benzene rings is 9. The van der Waals surface area contributed by atoms with Gasteiger partial charge in [-0.1, -0.05) is 164 Å². The van der Waals surface area contributed by atoms with Gasteiger partial charge in [0, 0.05) is 17.3 Å². The molecule has 0 saturated carbocycles. The molecule has 2 heteroatoms. The van der Waals surface area contributed by atoms with Crippen LogP contribution in [0, 0.1) is 0 Å². The lowest BCUT2D eigenvalue weighted by Crippen LogP contribution is -2.09. The highest BCUT2D eigenvalue weighted by atomic mass is 14.7. The van der Waals surface area contributed by atoms with Crippen molar-refractivity contribution >= 4 is 65.8 Å². The van der Waals surface area contributed by atoms with Crippen LogP contribution in [0.3, 0.4) is 0 Å². The predicted octanol–water partition coefficient (Wildman–Crippen LogP) is 12.3. The molecule has 0 aliphatic rings. The average molecular weight is 639 g/mol. The number of nitrogens with zero attached hydrogens (tertiary/aromatic N) is 1. The predicted molar refractivity (Wildman–Crippen MR) is 215 cm³/mol. The van der Waals surface area contributed by atoms with Crippen molar-refractivity contribution in [1.29, 1.82) is 0 Å². The second-order valence-electron chi connectivity index (χ2n) is 12.9. The van der Waals surface area contributed by atoms with E-state index in [1.807, 2.05) is 12.3 Å². The van der Waals surface area contributed by atoms with E-state index in [2.05, 4.69) is 176 Å². The molecule has 0 saturated heterocycles. The third kappa shape index (κ3) is 5.33. The Morgan fingerprint density at radius 1 is 0.460 bits per heavy atom. The maximum absolute atomic E-state index is 7.12. The molecule has 50 heavy (non-hydrogen) atoms. The minimum Gasteiger partial charge on any atom is -0.321 e. The van der Waals surface area contributed by atoms with Gasteiger partial charge in [0.15, 0.2) is 0 Å². The summed E-state index contributed by atoms with van der Waals surface area (Å²) in [7, 11) is 0. The fraction of sp³-hybridized carbons (Fsp3) is 0.0208. The van der Waals surface area contributed by atoms with Crippen molar-refractivity contribution in [2.24, 2.45) is 10.7 Å². The van der Waals surface area contributed by atoms with Gasteiger partial charge in [0.25, 0.3) is 0 Å². The quantitative estimate of drug-likeness (QED) is 0.110. The average Bonchev–Trinajstić information content (AvgIpc) is 3.19. The molecule has 2 N–H and O–H groups in total. The van der Waals surface area contributed by atoms with Gasteiger partial charge in [0.1, 0.15) is 0 Å². The number of aliphatic imine (C=N–C) groups is 1. The van der Waals surface area contributed by atoms with Gasteiger partial charge in [-0.15, -0.1) is 0 Å². The smallest absolute Gasteiger partial charge is 0.0681 e. The molecular weight excluding hydrogens is 605 g/mol. The van der Waals surface area contributed by atoms with Crippen molar-refractivity contribution in [2.75, 3.05) is 0 Å². The van der Waals surface area contributed by atoms with Crippen molar-refractivity contribution < 1.29 is 0 Å². The van der Waals surface area contributed by atoms with Gasteiger partial charge >= 0.3 is 0 Å². The minimum atomic E-state index is -0.390. The Bertz CT molecular complexity index is 2770. The Morgan fingerprint density at radius 3 is 1.82 bits per heavy atom. The molecule has 9 rings (SSSR count). The standard InChI is InChI=1S/C48H34N2/c49-47(44-21-11-10-18-39(44)32-12-2-1-3-13-32)30-48(37-25-26-42-36(28-37)23-22-33-14-4-7-17-38(33)42)50-31-46-41-20-9-6-16-35(41)29-45-40-19-8-5-15-34(40)24-27-43(45)46/h1-31,47H,49H2/b48-30-,50-31+. The molecule has 1 atom stereocenters. The topological polar surface area (TPSA) is 38.4 Å². The summed E-state index contributed by atoms with van der Waals surface area (Å²) in [5.74, 6) is 0. The maximum Gasteiger partial charge on any atom is 0.0681 e. The first-order chi connectivity index (χ1) is 24.7. The fourth-order valence-corrected chi connectivity index (χ4v) is 7.44. The van der Waals surface area contributed by atoms with Crippen molar-refractivity contribution in [3.05, 3.63) is 199 Å². The van der Waals surface area contributed by atoms with Crippen LogP contribution in [-0.2, 0) is 0 Å². The summed E-state index contributed by atoms with van der Waals surface area (Å²) in [5.41, 5.74) is 13.4. The Balaban J connectivity index is 1.24. The van der Waals surface area contributed by atoms with Gasteiger partial charge in [0.05, 0.1) is 11.7 Å². The molecule has 0 fully saturated rings. The third-order valence-electron chi connectivity index (χ3n) is 9.93. The first kappa shape index (κ1) is 29.8. The van der Waals surface area contributed by atoms with Crippen LogP contribution in [0.2, 0.25) is 0 Å². The van der Waals surface area contributed by atoms with Gasteiger partial charge in [-0.3, -0.25) is 4.99 Å². The molecule has 0 aromatic heterocycles. The molecule has 0 aliphatic carbocycles. The lowest BCUT2D eigenvalue weighted by molar-refractivity contribution is 0.914. The zero-order valence-electron chi connectivity index (χ0n) is 27.5. The van der Waals surface area contributed by atoms with E-state index in [1.54, 1.807) is 0 Å². The molecule has 0 radical (unpaired) electrons. The molecule has 9 aromatic carbocycles. The van der Waals surface area contributed by atoms with E-state index in [4.69, 9.17) is 10.7 Å².